The van der Waals surface area contributed by atoms with E-state index in [4.69, 9.17) is 9.84 Å². The van der Waals surface area contributed by atoms with Crippen molar-refractivity contribution in [3.63, 3.8) is 0 Å². The number of phenols is 1. The summed E-state index contributed by atoms with van der Waals surface area (Å²) in [7, 11) is 0. The Morgan fingerprint density at radius 3 is 2.25 bits per heavy atom. The third kappa shape index (κ3) is 3.64. The summed E-state index contributed by atoms with van der Waals surface area (Å²) in [6.07, 6.45) is 5.50. The van der Waals surface area contributed by atoms with E-state index in [1.54, 1.807) is 31.2 Å². The van der Waals surface area contributed by atoms with Gasteiger partial charge in [0.15, 0.2) is 0 Å². The van der Waals surface area contributed by atoms with Gasteiger partial charge in [0, 0.05) is 12.0 Å². The Balaban J connectivity index is 0.000000203. The molecule has 2 N–H and O–H groups in total. The number of aromatic hydroxyl groups is 1. The van der Waals surface area contributed by atoms with Crippen LogP contribution in [-0.2, 0) is 9.53 Å². The number of rotatable bonds is 2. The van der Waals surface area contributed by atoms with Crippen LogP contribution in [0.1, 0.15) is 45.4 Å². The summed E-state index contributed by atoms with van der Waals surface area (Å²) >= 11 is 0. The Kier molecular flexibility index (Phi) is 4.43. The Bertz CT molecular complexity index is 608. The minimum atomic E-state index is -0.570. The lowest BCUT2D eigenvalue weighted by Gasteiger charge is -2.59. The Hall–Kier alpha value is -1.81. The number of carbonyl (C=O) groups excluding carboxylic acids is 1. The molecule has 0 spiro atoms. The number of phenolic OH excluding ortho intramolecular Hbond substituents is 1. The highest BCUT2D eigenvalue weighted by atomic mass is 16.6. The highest BCUT2D eigenvalue weighted by Gasteiger charge is 2.59. The molecule has 4 nitrogen and oxygen atoms in total. The third-order valence-electron chi connectivity index (χ3n) is 5.33. The molecule has 0 aliphatic heterocycles. The standard InChI is InChI=1S/C14H20O3.C6H5O/c1-9(2)12(15)17-14-6-10-3-11(7-14)5-13(16,4-10)8-14;7-6-4-2-1-3-5-6/h10-11,16H,1,3-8H2,2H3;2-5,7H. The second-order valence-electron chi connectivity index (χ2n) is 7.80. The van der Waals surface area contributed by atoms with Crippen molar-refractivity contribution in [3.8, 4) is 5.75 Å². The lowest BCUT2D eigenvalue weighted by atomic mass is 9.52. The lowest BCUT2D eigenvalue weighted by molar-refractivity contribution is -0.217. The fraction of sp³-hybridized carbons (Fsp3) is 0.550. The minimum absolute atomic E-state index is 0.291. The molecule has 4 bridgehead atoms. The van der Waals surface area contributed by atoms with Crippen molar-refractivity contribution in [2.24, 2.45) is 11.8 Å². The minimum Gasteiger partial charge on any atom is -0.508 e. The molecule has 4 aliphatic rings. The van der Waals surface area contributed by atoms with Crippen LogP contribution < -0.4 is 0 Å². The van der Waals surface area contributed by atoms with Gasteiger partial charge in [0.25, 0.3) is 0 Å². The first kappa shape index (κ1) is 17.0. The van der Waals surface area contributed by atoms with Gasteiger partial charge in [-0.15, -0.1) is 0 Å². The van der Waals surface area contributed by atoms with E-state index in [1.165, 1.54) is 6.42 Å². The molecule has 4 fully saturated rings. The summed E-state index contributed by atoms with van der Waals surface area (Å²) in [5, 5.41) is 19.1. The SMILES string of the molecule is C=C(C)C(=O)OC12CC3CC(CC(O)(C3)C1)C2.Oc1cc[c]cc1. The molecule has 1 aromatic rings. The van der Waals surface area contributed by atoms with E-state index in [0.29, 0.717) is 29.6 Å². The van der Waals surface area contributed by atoms with Crippen LogP contribution in [0.3, 0.4) is 0 Å². The quantitative estimate of drug-likeness (QED) is 0.645. The molecule has 4 saturated carbocycles. The smallest absolute Gasteiger partial charge is 0.333 e. The topological polar surface area (TPSA) is 66.8 Å². The Morgan fingerprint density at radius 1 is 1.25 bits per heavy atom. The monoisotopic (exact) mass is 329 g/mol. The third-order valence-corrected chi connectivity index (χ3v) is 5.33. The summed E-state index contributed by atoms with van der Waals surface area (Å²) in [5.74, 6) is 1.08. The van der Waals surface area contributed by atoms with E-state index in [-0.39, 0.29) is 5.97 Å². The number of aliphatic hydroxyl groups is 1. The van der Waals surface area contributed by atoms with Crippen molar-refractivity contribution in [2.75, 3.05) is 0 Å². The van der Waals surface area contributed by atoms with Crippen molar-refractivity contribution in [1.82, 2.24) is 0 Å². The van der Waals surface area contributed by atoms with Gasteiger partial charge in [-0.3, -0.25) is 0 Å². The molecule has 4 aliphatic carbocycles. The van der Waals surface area contributed by atoms with Crippen LogP contribution in [0.15, 0.2) is 36.4 Å². The molecule has 0 aromatic heterocycles. The van der Waals surface area contributed by atoms with Gasteiger partial charge in [0.1, 0.15) is 11.4 Å². The van der Waals surface area contributed by atoms with Gasteiger partial charge >= 0.3 is 5.97 Å². The molecule has 5 rings (SSSR count). The zero-order chi connectivity index (χ0) is 17.4. The molecule has 4 heteroatoms. The van der Waals surface area contributed by atoms with E-state index in [2.05, 4.69) is 12.6 Å². The van der Waals surface area contributed by atoms with E-state index in [9.17, 15) is 9.90 Å². The summed E-state index contributed by atoms with van der Waals surface area (Å²) in [4.78, 5) is 11.7. The van der Waals surface area contributed by atoms with Crippen LogP contribution in [0.4, 0.5) is 0 Å². The van der Waals surface area contributed by atoms with Crippen LogP contribution in [-0.4, -0.2) is 27.4 Å². The molecule has 0 heterocycles. The van der Waals surface area contributed by atoms with Crippen molar-refractivity contribution in [3.05, 3.63) is 42.5 Å². The second kappa shape index (κ2) is 6.25. The van der Waals surface area contributed by atoms with Crippen molar-refractivity contribution in [1.29, 1.82) is 0 Å². The van der Waals surface area contributed by atoms with Gasteiger partial charge < -0.3 is 14.9 Å². The average molecular weight is 329 g/mol. The maximum atomic E-state index is 11.7. The van der Waals surface area contributed by atoms with Gasteiger partial charge in [-0.1, -0.05) is 18.7 Å². The highest BCUT2D eigenvalue weighted by molar-refractivity contribution is 5.87. The molecular formula is C20H25O4. The molecule has 2 unspecified atom stereocenters. The van der Waals surface area contributed by atoms with Crippen LogP contribution in [0.25, 0.3) is 0 Å². The van der Waals surface area contributed by atoms with Gasteiger partial charge in [0.2, 0.25) is 0 Å². The van der Waals surface area contributed by atoms with Crippen molar-refractivity contribution < 1.29 is 19.7 Å². The number of hydrogen-bond acceptors (Lipinski definition) is 4. The van der Waals surface area contributed by atoms with Gasteiger partial charge in [-0.05, 0) is 69.1 Å². The predicted octanol–water partition coefficient (Wildman–Crippen LogP) is 3.38. The number of benzene rings is 1. The molecule has 0 amide bonds. The summed E-state index contributed by atoms with van der Waals surface area (Å²) in [6.45, 7) is 5.31. The van der Waals surface area contributed by atoms with Gasteiger partial charge in [-0.2, -0.15) is 0 Å². The van der Waals surface area contributed by atoms with E-state index in [0.717, 1.165) is 25.7 Å². The summed E-state index contributed by atoms with van der Waals surface area (Å²) in [6, 6.07) is 9.26. The lowest BCUT2D eigenvalue weighted by Crippen LogP contribution is -2.60. The first-order chi connectivity index (χ1) is 11.3. The largest absolute Gasteiger partial charge is 0.508 e. The van der Waals surface area contributed by atoms with E-state index >= 15 is 0 Å². The Labute approximate surface area is 143 Å². The predicted molar refractivity (Wildman–Crippen MR) is 90.2 cm³/mol. The first-order valence-corrected chi connectivity index (χ1v) is 8.56. The second-order valence-corrected chi connectivity index (χ2v) is 7.80. The number of hydrogen-bond donors (Lipinski definition) is 2. The normalized spacial score (nSPS) is 35.8. The van der Waals surface area contributed by atoms with Gasteiger partial charge in [0.05, 0.1) is 5.60 Å². The molecular weight excluding hydrogens is 304 g/mol. The zero-order valence-corrected chi connectivity index (χ0v) is 14.1. The fourth-order valence-electron chi connectivity index (χ4n) is 4.91. The molecule has 2 atom stereocenters. The van der Waals surface area contributed by atoms with Gasteiger partial charge in [-0.25, -0.2) is 4.79 Å². The average Bonchev–Trinajstić information content (AvgIpc) is 2.45. The maximum absolute atomic E-state index is 11.7. The Morgan fingerprint density at radius 2 is 1.83 bits per heavy atom. The zero-order valence-electron chi connectivity index (χ0n) is 14.1. The molecule has 0 saturated heterocycles. The van der Waals surface area contributed by atoms with Crippen molar-refractivity contribution >= 4 is 5.97 Å². The molecule has 1 aromatic carbocycles. The summed E-state index contributed by atoms with van der Waals surface area (Å²) < 4.78 is 5.68. The highest BCUT2D eigenvalue weighted by Crippen LogP contribution is 2.58. The molecule has 129 valence electrons. The van der Waals surface area contributed by atoms with E-state index in [1.807, 2.05) is 0 Å². The van der Waals surface area contributed by atoms with Crippen molar-refractivity contribution in [2.45, 2.75) is 56.7 Å². The van der Waals surface area contributed by atoms with Crippen LogP contribution in [0.2, 0.25) is 0 Å². The molecule has 1 radical (unpaired) electrons. The molecule has 24 heavy (non-hydrogen) atoms. The number of esters is 1. The van der Waals surface area contributed by atoms with Crippen LogP contribution in [0.5, 0.6) is 5.75 Å². The maximum Gasteiger partial charge on any atom is 0.333 e. The van der Waals surface area contributed by atoms with Crippen LogP contribution in [0, 0.1) is 17.9 Å². The van der Waals surface area contributed by atoms with Crippen LogP contribution >= 0.6 is 0 Å². The first-order valence-electron chi connectivity index (χ1n) is 8.56. The number of carbonyl (C=O) groups is 1. The summed E-state index contributed by atoms with van der Waals surface area (Å²) in [5.41, 5.74) is -0.512. The fourth-order valence-corrected chi connectivity index (χ4v) is 4.91. The number of ether oxygens (including phenoxy) is 1. The van der Waals surface area contributed by atoms with E-state index < -0.39 is 11.2 Å².